The van der Waals surface area contributed by atoms with E-state index in [1.807, 2.05) is 19.2 Å². The highest BCUT2D eigenvalue weighted by atomic mass is 16.5. The maximum absolute atomic E-state index is 12.2. The molecule has 2 aromatic rings. The van der Waals surface area contributed by atoms with Crippen molar-refractivity contribution in [2.24, 2.45) is 7.05 Å². The van der Waals surface area contributed by atoms with E-state index in [0.29, 0.717) is 13.0 Å². The highest BCUT2D eigenvalue weighted by Gasteiger charge is 2.18. The molecule has 1 N–H and O–H groups in total. The molecule has 0 bridgehead atoms. The summed E-state index contributed by atoms with van der Waals surface area (Å²) in [5.41, 5.74) is 3.46. The van der Waals surface area contributed by atoms with Gasteiger partial charge in [0.25, 0.3) is 0 Å². The standard InChI is InChI=1S/C17H22N2O2/c1-12-15(14-7-3-4-8-16(14)19(12)2)10-17(20)18-11-13-6-5-9-21-13/h3-4,7-8,13H,5-6,9-11H2,1-2H3,(H,18,20). The summed E-state index contributed by atoms with van der Waals surface area (Å²) in [4.78, 5) is 12.2. The third kappa shape index (κ3) is 2.81. The van der Waals surface area contributed by atoms with Crippen LogP contribution >= 0.6 is 0 Å². The molecule has 1 aliphatic rings. The van der Waals surface area contributed by atoms with Crippen molar-refractivity contribution in [3.63, 3.8) is 0 Å². The van der Waals surface area contributed by atoms with Crippen LogP contribution in [0.2, 0.25) is 0 Å². The number of carbonyl (C=O) groups excluding carboxylic acids is 1. The Labute approximate surface area is 125 Å². The van der Waals surface area contributed by atoms with E-state index in [-0.39, 0.29) is 12.0 Å². The topological polar surface area (TPSA) is 43.3 Å². The predicted molar refractivity (Wildman–Crippen MR) is 83.3 cm³/mol. The predicted octanol–water partition coefficient (Wildman–Crippen LogP) is 2.32. The Balaban J connectivity index is 1.72. The average Bonchev–Trinajstić information content (AvgIpc) is 3.09. The van der Waals surface area contributed by atoms with Crippen molar-refractivity contribution in [1.29, 1.82) is 0 Å². The van der Waals surface area contributed by atoms with Gasteiger partial charge in [-0.25, -0.2) is 0 Å². The summed E-state index contributed by atoms with van der Waals surface area (Å²) in [6.07, 6.45) is 2.78. The number of hydrogen-bond acceptors (Lipinski definition) is 2. The van der Waals surface area contributed by atoms with Crippen molar-refractivity contribution in [1.82, 2.24) is 9.88 Å². The van der Waals surface area contributed by atoms with Gasteiger partial charge in [0.1, 0.15) is 0 Å². The van der Waals surface area contributed by atoms with Gasteiger partial charge in [0.15, 0.2) is 0 Å². The lowest BCUT2D eigenvalue weighted by Crippen LogP contribution is -2.32. The molecule has 4 nitrogen and oxygen atoms in total. The van der Waals surface area contributed by atoms with Gasteiger partial charge in [0, 0.05) is 36.8 Å². The highest BCUT2D eigenvalue weighted by molar-refractivity contribution is 5.90. The lowest BCUT2D eigenvalue weighted by molar-refractivity contribution is -0.120. The average molecular weight is 286 g/mol. The van der Waals surface area contributed by atoms with Crippen LogP contribution in [0.4, 0.5) is 0 Å². The molecular weight excluding hydrogens is 264 g/mol. The van der Waals surface area contributed by atoms with Crippen LogP contribution in [0.25, 0.3) is 10.9 Å². The van der Waals surface area contributed by atoms with E-state index in [9.17, 15) is 4.79 Å². The summed E-state index contributed by atoms with van der Waals surface area (Å²) in [5, 5.41) is 4.17. The lowest BCUT2D eigenvalue weighted by Gasteiger charge is -2.11. The van der Waals surface area contributed by atoms with Gasteiger partial charge in [0.05, 0.1) is 12.5 Å². The summed E-state index contributed by atoms with van der Waals surface area (Å²) < 4.78 is 7.68. The quantitative estimate of drug-likeness (QED) is 0.937. The molecule has 2 heterocycles. The van der Waals surface area contributed by atoms with Gasteiger partial charge in [-0.1, -0.05) is 18.2 Å². The van der Waals surface area contributed by atoms with Gasteiger partial charge in [-0.05, 0) is 31.4 Å². The molecule has 1 amide bonds. The largest absolute Gasteiger partial charge is 0.376 e. The minimum atomic E-state index is 0.0740. The van der Waals surface area contributed by atoms with Gasteiger partial charge in [-0.2, -0.15) is 0 Å². The minimum absolute atomic E-state index is 0.0740. The molecule has 0 spiro atoms. The maximum atomic E-state index is 12.2. The number of fused-ring (bicyclic) bond motifs is 1. The summed E-state index contributed by atoms with van der Waals surface area (Å²) in [7, 11) is 2.05. The number of nitrogens with zero attached hydrogens (tertiary/aromatic N) is 1. The third-order valence-corrected chi connectivity index (χ3v) is 4.42. The SMILES string of the molecule is Cc1c(CC(=O)NCC2CCCO2)c2ccccc2n1C. The maximum Gasteiger partial charge on any atom is 0.224 e. The van der Waals surface area contributed by atoms with Crippen molar-refractivity contribution < 1.29 is 9.53 Å². The molecule has 0 aliphatic carbocycles. The summed E-state index contributed by atoms with van der Waals surface area (Å²) in [6, 6.07) is 8.24. The Hall–Kier alpha value is -1.81. The number of aromatic nitrogens is 1. The normalized spacial score (nSPS) is 18.3. The molecule has 1 aliphatic heterocycles. The molecule has 21 heavy (non-hydrogen) atoms. The Kier molecular flexibility index (Phi) is 3.97. The second-order valence-corrected chi connectivity index (χ2v) is 5.76. The number of aryl methyl sites for hydroxylation is 1. The molecule has 1 unspecified atom stereocenters. The van der Waals surface area contributed by atoms with Crippen LogP contribution in [0, 0.1) is 6.92 Å². The number of amides is 1. The zero-order chi connectivity index (χ0) is 14.8. The summed E-state index contributed by atoms with van der Waals surface area (Å²) >= 11 is 0. The first-order chi connectivity index (χ1) is 10.2. The van der Waals surface area contributed by atoms with Gasteiger partial charge in [-0.3, -0.25) is 4.79 Å². The number of hydrogen-bond donors (Lipinski definition) is 1. The summed E-state index contributed by atoms with van der Waals surface area (Å²) in [6.45, 7) is 3.52. The number of rotatable bonds is 4. The zero-order valence-electron chi connectivity index (χ0n) is 12.7. The molecule has 112 valence electrons. The Morgan fingerprint density at radius 1 is 1.43 bits per heavy atom. The van der Waals surface area contributed by atoms with E-state index in [4.69, 9.17) is 4.74 Å². The van der Waals surface area contributed by atoms with Gasteiger partial charge in [-0.15, -0.1) is 0 Å². The van der Waals surface area contributed by atoms with Crippen molar-refractivity contribution in [2.45, 2.75) is 32.3 Å². The Morgan fingerprint density at radius 2 is 2.24 bits per heavy atom. The fourth-order valence-corrected chi connectivity index (χ4v) is 3.08. The van der Waals surface area contributed by atoms with E-state index < -0.39 is 0 Å². The molecule has 1 saturated heterocycles. The van der Waals surface area contributed by atoms with Gasteiger partial charge >= 0.3 is 0 Å². The fourth-order valence-electron chi connectivity index (χ4n) is 3.08. The van der Waals surface area contributed by atoms with Crippen LogP contribution < -0.4 is 5.32 Å². The second-order valence-electron chi connectivity index (χ2n) is 5.76. The van der Waals surface area contributed by atoms with Crippen molar-refractivity contribution in [3.05, 3.63) is 35.5 Å². The van der Waals surface area contributed by atoms with Crippen LogP contribution in [0.3, 0.4) is 0 Å². The number of para-hydroxylation sites is 1. The van der Waals surface area contributed by atoms with E-state index in [0.717, 1.165) is 30.7 Å². The number of ether oxygens (including phenoxy) is 1. The highest BCUT2D eigenvalue weighted by Crippen LogP contribution is 2.25. The van der Waals surface area contributed by atoms with E-state index in [1.54, 1.807) is 0 Å². The first-order valence-electron chi connectivity index (χ1n) is 7.58. The number of carbonyl (C=O) groups is 1. The van der Waals surface area contributed by atoms with Gasteiger partial charge < -0.3 is 14.6 Å². The lowest BCUT2D eigenvalue weighted by atomic mass is 10.1. The van der Waals surface area contributed by atoms with Crippen LogP contribution in [-0.2, 0) is 23.0 Å². The smallest absolute Gasteiger partial charge is 0.224 e. The Bertz CT molecular complexity index is 654. The molecule has 0 radical (unpaired) electrons. The molecule has 1 aromatic carbocycles. The molecule has 1 aromatic heterocycles. The minimum Gasteiger partial charge on any atom is -0.376 e. The van der Waals surface area contributed by atoms with Crippen LogP contribution in [0.5, 0.6) is 0 Å². The molecule has 3 rings (SSSR count). The molecule has 4 heteroatoms. The molecular formula is C17H22N2O2. The van der Waals surface area contributed by atoms with E-state index >= 15 is 0 Å². The van der Waals surface area contributed by atoms with Crippen molar-refractivity contribution in [2.75, 3.05) is 13.2 Å². The van der Waals surface area contributed by atoms with Crippen molar-refractivity contribution >= 4 is 16.8 Å². The molecule has 1 atom stereocenters. The molecule has 1 fully saturated rings. The molecule has 0 saturated carbocycles. The van der Waals surface area contributed by atoms with Crippen molar-refractivity contribution in [3.8, 4) is 0 Å². The first-order valence-corrected chi connectivity index (χ1v) is 7.58. The monoisotopic (exact) mass is 286 g/mol. The zero-order valence-corrected chi connectivity index (χ0v) is 12.7. The van der Waals surface area contributed by atoms with Crippen LogP contribution in [-0.4, -0.2) is 29.7 Å². The fraction of sp³-hybridized carbons (Fsp3) is 0.471. The van der Waals surface area contributed by atoms with Gasteiger partial charge in [0.2, 0.25) is 5.91 Å². The number of nitrogens with one attached hydrogen (secondary N) is 1. The first kappa shape index (κ1) is 14.1. The third-order valence-electron chi connectivity index (χ3n) is 4.42. The van der Waals surface area contributed by atoms with E-state index in [2.05, 4.69) is 28.9 Å². The summed E-state index contributed by atoms with van der Waals surface area (Å²) in [5.74, 6) is 0.0740. The second kappa shape index (κ2) is 5.90. The van der Waals surface area contributed by atoms with Crippen LogP contribution in [0.1, 0.15) is 24.1 Å². The Morgan fingerprint density at radius 3 is 3.00 bits per heavy atom. The number of benzene rings is 1. The van der Waals surface area contributed by atoms with Crippen LogP contribution in [0.15, 0.2) is 24.3 Å². The van der Waals surface area contributed by atoms with E-state index in [1.165, 1.54) is 10.9 Å².